The third-order valence-corrected chi connectivity index (χ3v) is 6.08. The van der Waals surface area contributed by atoms with Crippen LogP contribution in [0.5, 0.6) is 5.75 Å². The number of carbonyl (C=O) groups is 1. The third-order valence-electron chi connectivity index (χ3n) is 6.08. The van der Waals surface area contributed by atoms with Crippen LogP contribution in [0, 0.1) is 5.41 Å². The first-order valence-electron chi connectivity index (χ1n) is 8.75. The zero-order valence-corrected chi connectivity index (χ0v) is 14.8. The van der Waals surface area contributed by atoms with Gasteiger partial charge in [-0.25, -0.2) is 4.79 Å². The average Bonchev–Trinajstić information content (AvgIpc) is 2.90. The lowest BCUT2D eigenvalue weighted by Crippen LogP contribution is -2.39. The predicted octanol–water partition coefficient (Wildman–Crippen LogP) is 3.56. The van der Waals surface area contributed by atoms with E-state index < -0.39 is 0 Å². The molecule has 132 valence electrons. The van der Waals surface area contributed by atoms with Crippen molar-refractivity contribution in [1.29, 1.82) is 0 Å². The van der Waals surface area contributed by atoms with E-state index in [4.69, 9.17) is 13.9 Å². The van der Waals surface area contributed by atoms with E-state index in [2.05, 4.69) is 6.92 Å². The van der Waals surface area contributed by atoms with Gasteiger partial charge in [0.2, 0.25) is 0 Å². The molecule has 0 spiro atoms. The Kier molecular flexibility index (Phi) is 3.63. The standard InChI is InChI=1S/C20H22O5/c1-11(21)24-17-7-6-15-18-14(8-9-20(15,17)2)13-5-4-12(23-3)10-16(13)25-19(18)22/h4-5,10,15,17H,6-9H2,1-3H3/t15-,17-,20-/m0/s1. The molecule has 0 amide bonds. The Morgan fingerprint density at radius 1 is 1.32 bits per heavy atom. The average molecular weight is 342 g/mol. The van der Waals surface area contributed by atoms with E-state index in [1.54, 1.807) is 13.2 Å². The summed E-state index contributed by atoms with van der Waals surface area (Å²) >= 11 is 0. The molecule has 1 aromatic heterocycles. The molecule has 1 fully saturated rings. The Morgan fingerprint density at radius 2 is 2.12 bits per heavy atom. The van der Waals surface area contributed by atoms with Crippen LogP contribution in [-0.4, -0.2) is 19.2 Å². The molecule has 2 aliphatic rings. The summed E-state index contributed by atoms with van der Waals surface area (Å²) < 4.78 is 16.4. The molecule has 5 nitrogen and oxygen atoms in total. The second kappa shape index (κ2) is 5.61. The van der Waals surface area contributed by atoms with Crippen LogP contribution < -0.4 is 10.4 Å². The molecule has 1 heterocycles. The molecule has 1 aromatic carbocycles. The van der Waals surface area contributed by atoms with E-state index >= 15 is 0 Å². The number of hydrogen-bond donors (Lipinski definition) is 0. The van der Waals surface area contributed by atoms with Crippen LogP contribution in [0.4, 0.5) is 0 Å². The van der Waals surface area contributed by atoms with Crippen LogP contribution in [0.3, 0.4) is 0 Å². The van der Waals surface area contributed by atoms with E-state index in [1.165, 1.54) is 6.92 Å². The van der Waals surface area contributed by atoms with E-state index in [1.807, 2.05) is 12.1 Å². The van der Waals surface area contributed by atoms with Crippen molar-refractivity contribution in [3.05, 3.63) is 39.7 Å². The lowest BCUT2D eigenvalue weighted by Gasteiger charge is -2.40. The van der Waals surface area contributed by atoms with Crippen molar-refractivity contribution >= 4 is 16.9 Å². The first-order valence-corrected chi connectivity index (χ1v) is 8.75. The molecule has 0 aliphatic heterocycles. The molecule has 0 unspecified atom stereocenters. The zero-order chi connectivity index (χ0) is 17.8. The summed E-state index contributed by atoms with van der Waals surface area (Å²) in [5.74, 6) is 0.491. The van der Waals surface area contributed by atoms with Crippen LogP contribution in [0.25, 0.3) is 11.0 Å². The molecule has 0 saturated heterocycles. The Bertz CT molecular complexity index is 912. The monoisotopic (exact) mass is 342 g/mol. The highest BCUT2D eigenvalue weighted by Gasteiger charge is 2.52. The second-order valence-electron chi connectivity index (χ2n) is 7.38. The molecule has 3 atom stereocenters. The molecule has 4 rings (SSSR count). The van der Waals surface area contributed by atoms with Crippen molar-refractivity contribution in [3.63, 3.8) is 0 Å². The first-order chi connectivity index (χ1) is 11.9. The molecular formula is C20H22O5. The highest BCUT2D eigenvalue weighted by Crippen LogP contribution is 2.56. The molecule has 1 saturated carbocycles. The van der Waals surface area contributed by atoms with Gasteiger partial charge in [0, 0.05) is 35.3 Å². The Hall–Kier alpha value is -2.30. The Balaban J connectivity index is 1.85. The van der Waals surface area contributed by atoms with Crippen molar-refractivity contribution in [1.82, 2.24) is 0 Å². The number of esters is 1. The number of benzene rings is 1. The summed E-state index contributed by atoms with van der Waals surface area (Å²) in [6, 6.07) is 5.63. The predicted molar refractivity (Wildman–Crippen MR) is 93.0 cm³/mol. The lowest BCUT2D eigenvalue weighted by atomic mass is 9.66. The summed E-state index contributed by atoms with van der Waals surface area (Å²) in [6.45, 7) is 3.58. The van der Waals surface area contributed by atoms with E-state index in [-0.39, 0.29) is 29.0 Å². The summed E-state index contributed by atoms with van der Waals surface area (Å²) in [7, 11) is 1.59. The van der Waals surface area contributed by atoms with Gasteiger partial charge in [-0.1, -0.05) is 6.92 Å². The molecule has 5 heteroatoms. The van der Waals surface area contributed by atoms with Crippen molar-refractivity contribution in [3.8, 4) is 5.75 Å². The number of carbonyl (C=O) groups excluding carboxylic acids is 1. The van der Waals surface area contributed by atoms with Gasteiger partial charge in [0.15, 0.2) is 0 Å². The number of fused-ring (bicyclic) bond motifs is 5. The number of methoxy groups -OCH3 is 1. The Labute approximate surface area is 145 Å². The highest BCUT2D eigenvalue weighted by atomic mass is 16.5. The van der Waals surface area contributed by atoms with Crippen molar-refractivity contribution in [2.24, 2.45) is 5.41 Å². The van der Waals surface area contributed by atoms with E-state index in [9.17, 15) is 9.59 Å². The van der Waals surface area contributed by atoms with Crippen molar-refractivity contribution in [2.45, 2.75) is 51.6 Å². The summed E-state index contributed by atoms with van der Waals surface area (Å²) in [6.07, 6.45) is 3.18. The van der Waals surface area contributed by atoms with E-state index in [0.29, 0.717) is 11.3 Å². The van der Waals surface area contributed by atoms with Gasteiger partial charge >= 0.3 is 11.6 Å². The lowest BCUT2D eigenvalue weighted by molar-refractivity contribution is -0.152. The SMILES string of the molecule is COc1ccc2c3c(c(=O)oc2c1)[C@@H]1CC[C@H](OC(C)=O)[C@@]1(C)CC3. The van der Waals surface area contributed by atoms with Crippen LogP contribution >= 0.6 is 0 Å². The quantitative estimate of drug-likeness (QED) is 0.617. The minimum absolute atomic E-state index is 0.0725. The van der Waals surface area contributed by atoms with E-state index in [0.717, 1.165) is 42.2 Å². The fraction of sp³-hybridized carbons (Fsp3) is 0.500. The summed E-state index contributed by atoms with van der Waals surface area (Å²) in [5, 5.41) is 0.980. The molecule has 2 aliphatic carbocycles. The first kappa shape index (κ1) is 16.2. The summed E-state index contributed by atoms with van der Waals surface area (Å²) in [5.41, 5.74) is 1.96. The maximum Gasteiger partial charge on any atom is 0.340 e. The number of aryl methyl sites for hydroxylation is 1. The third kappa shape index (κ3) is 2.36. The van der Waals surface area contributed by atoms with Gasteiger partial charge in [-0.05, 0) is 43.4 Å². The molecule has 25 heavy (non-hydrogen) atoms. The topological polar surface area (TPSA) is 65.7 Å². The van der Waals surface area contributed by atoms with Gasteiger partial charge in [-0.2, -0.15) is 0 Å². The molecule has 0 N–H and O–H groups in total. The maximum atomic E-state index is 12.8. The second-order valence-corrected chi connectivity index (χ2v) is 7.38. The van der Waals surface area contributed by atoms with Crippen LogP contribution in [0.1, 0.15) is 50.2 Å². The van der Waals surface area contributed by atoms with Gasteiger partial charge in [0.1, 0.15) is 17.4 Å². The minimum Gasteiger partial charge on any atom is -0.497 e. The van der Waals surface area contributed by atoms with Crippen molar-refractivity contribution < 1.29 is 18.7 Å². The van der Waals surface area contributed by atoms with Gasteiger partial charge in [0.05, 0.1) is 7.11 Å². The zero-order valence-electron chi connectivity index (χ0n) is 14.8. The normalized spacial score (nSPS) is 27.6. The fourth-order valence-electron chi connectivity index (χ4n) is 4.81. The number of ether oxygens (including phenoxy) is 2. The molecule has 0 bridgehead atoms. The largest absolute Gasteiger partial charge is 0.497 e. The Morgan fingerprint density at radius 3 is 2.84 bits per heavy atom. The van der Waals surface area contributed by atoms with Gasteiger partial charge < -0.3 is 13.9 Å². The van der Waals surface area contributed by atoms with Gasteiger partial charge in [0.25, 0.3) is 0 Å². The highest BCUT2D eigenvalue weighted by molar-refractivity contribution is 5.83. The summed E-state index contributed by atoms with van der Waals surface area (Å²) in [4.78, 5) is 24.2. The van der Waals surface area contributed by atoms with Gasteiger partial charge in [-0.3, -0.25) is 4.79 Å². The van der Waals surface area contributed by atoms with Gasteiger partial charge in [-0.15, -0.1) is 0 Å². The smallest absolute Gasteiger partial charge is 0.340 e. The molecule has 2 aromatic rings. The molecule has 0 radical (unpaired) electrons. The minimum atomic E-state index is -0.268. The maximum absolute atomic E-state index is 12.8. The van der Waals surface area contributed by atoms with Crippen molar-refractivity contribution in [2.75, 3.05) is 7.11 Å². The van der Waals surface area contributed by atoms with Crippen LogP contribution in [0.15, 0.2) is 27.4 Å². The number of rotatable bonds is 2. The van der Waals surface area contributed by atoms with Crippen LogP contribution in [0.2, 0.25) is 0 Å². The molecular weight excluding hydrogens is 320 g/mol. The fourth-order valence-corrected chi connectivity index (χ4v) is 4.81. The number of hydrogen-bond acceptors (Lipinski definition) is 5. The van der Waals surface area contributed by atoms with Crippen LogP contribution in [-0.2, 0) is 16.0 Å².